The first kappa shape index (κ1) is 18.5. The molecular weight excluding hydrogens is 346 g/mol. The van der Waals surface area contributed by atoms with E-state index in [4.69, 9.17) is 5.10 Å². The van der Waals surface area contributed by atoms with E-state index in [1.807, 2.05) is 46.0 Å². The molecule has 0 atom stereocenters. The summed E-state index contributed by atoms with van der Waals surface area (Å²) in [5, 5.41) is 4.84. The molecule has 144 valence electrons. The van der Waals surface area contributed by atoms with Crippen LogP contribution >= 0.6 is 0 Å². The minimum absolute atomic E-state index is 0.0709. The normalized spacial score (nSPS) is 15.0. The summed E-state index contributed by atoms with van der Waals surface area (Å²) < 4.78 is 1.83. The summed E-state index contributed by atoms with van der Waals surface area (Å²) in [7, 11) is 0. The molecule has 0 spiro atoms. The first-order valence-corrected chi connectivity index (χ1v) is 10.1. The molecular formula is C24H27N3O. The monoisotopic (exact) mass is 373 g/mol. The zero-order valence-electron chi connectivity index (χ0n) is 16.9. The van der Waals surface area contributed by atoms with Gasteiger partial charge in [-0.3, -0.25) is 4.79 Å². The molecule has 1 aromatic heterocycles. The fourth-order valence-electron chi connectivity index (χ4n) is 3.88. The third kappa shape index (κ3) is 3.59. The summed E-state index contributed by atoms with van der Waals surface area (Å²) in [5.41, 5.74) is 5.77. The number of hydrogen-bond donors (Lipinski definition) is 0. The Morgan fingerprint density at radius 3 is 2.39 bits per heavy atom. The van der Waals surface area contributed by atoms with E-state index in [2.05, 4.69) is 39.0 Å². The third-order valence-corrected chi connectivity index (χ3v) is 5.65. The number of benzene rings is 2. The van der Waals surface area contributed by atoms with Gasteiger partial charge in [0.1, 0.15) is 5.69 Å². The van der Waals surface area contributed by atoms with Gasteiger partial charge in [0, 0.05) is 18.7 Å². The maximum Gasteiger partial charge on any atom is 0.272 e. The summed E-state index contributed by atoms with van der Waals surface area (Å²) in [6.07, 6.45) is 2.13. The van der Waals surface area contributed by atoms with Crippen LogP contribution in [0, 0.1) is 19.8 Å². The lowest BCUT2D eigenvalue weighted by Gasteiger charge is -2.30. The molecule has 0 aliphatic carbocycles. The topological polar surface area (TPSA) is 38.1 Å². The average molecular weight is 374 g/mol. The number of carbonyl (C=O) groups excluding carboxylic acids is 1. The van der Waals surface area contributed by atoms with Crippen LogP contribution in [0.4, 0.5) is 0 Å². The number of likely N-dealkylation sites (tertiary alicyclic amines) is 1. The van der Waals surface area contributed by atoms with Crippen molar-refractivity contribution < 1.29 is 4.79 Å². The molecule has 1 aliphatic rings. The molecule has 4 rings (SSSR count). The molecule has 2 heterocycles. The van der Waals surface area contributed by atoms with Crippen molar-refractivity contribution in [2.24, 2.45) is 5.92 Å². The van der Waals surface area contributed by atoms with E-state index in [1.54, 1.807) is 0 Å². The Morgan fingerprint density at radius 1 is 1.00 bits per heavy atom. The first-order chi connectivity index (χ1) is 13.5. The largest absolute Gasteiger partial charge is 0.337 e. The summed E-state index contributed by atoms with van der Waals surface area (Å²) in [6, 6.07) is 18.3. The zero-order chi connectivity index (χ0) is 19.7. The molecule has 1 aliphatic heterocycles. The molecule has 0 bridgehead atoms. The standard InChI is InChI=1S/C24H27N3O/c1-17-11-13-26(14-12-17)24(28)23-16-21(20-7-5-4-6-8-20)25-27(23)22-10-9-18(2)15-19(22)3/h4-10,15-17H,11-14H2,1-3H3. The van der Waals surface area contributed by atoms with Gasteiger partial charge in [-0.2, -0.15) is 5.10 Å². The van der Waals surface area contributed by atoms with Crippen LogP contribution in [0.1, 0.15) is 41.4 Å². The van der Waals surface area contributed by atoms with Gasteiger partial charge >= 0.3 is 0 Å². The van der Waals surface area contributed by atoms with Gasteiger partial charge < -0.3 is 4.90 Å². The van der Waals surface area contributed by atoms with Crippen molar-refractivity contribution in [1.29, 1.82) is 0 Å². The van der Waals surface area contributed by atoms with Crippen LogP contribution in [0.25, 0.3) is 16.9 Å². The molecule has 1 fully saturated rings. The summed E-state index contributed by atoms with van der Waals surface area (Å²) in [4.78, 5) is 15.4. The highest BCUT2D eigenvalue weighted by Crippen LogP contribution is 2.26. The molecule has 3 aromatic rings. The number of rotatable bonds is 3. The molecule has 1 saturated heterocycles. The van der Waals surface area contributed by atoms with E-state index in [-0.39, 0.29) is 5.91 Å². The first-order valence-electron chi connectivity index (χ1n) is 10.1. The average Bonchev–Trinajstić information content (AvgIpc) is 3.14. The Morgan fingerprint density at radius 2 is 1.71 bits per heavy atom. The van der Waals surface area contributed by atoms with Crippen molar-refractivity contribution in [3.05, 3.63) is 71.4 Å². The Bertz CT molecular complexity index is 982. The van der Waals surface area contributed by atoms with Crippen molar-refractivity contribution in [2.45, 2.75) is 33.6 Å². The second-order valence-corrected chi connectivity index (χ2v) is 7.96. The highest BCUT2D eigenvalue weighted by molar-refractivity contribution is 5.94. The lowest BCUT2D eigenvalue weighted by atomic mass is 9.99. The van der Waals surface area contributed by atoms with Crippen LogP contribution in [0.5, 0.6) is 0 Å². The third-order valence-electron chi connectivity index (χ3n) is 5.65. The number of piperidine rings is 1. The zero-order valence-corrected chi connectivity index (χ0v) is 16.9. The fraction of sp³-hybridized carbons (Fsp3) is 0.333. The van der Waals surface area contributed by atoms with E-state index in [1.165, 1.54) is 5.56 Å². The minimum atomic E-state index is 0.0709. The summed E-state index contributed by atoms with van der Waals surface area (Å²) in [5.74, 6) is 0.759. The maximum absolute atomic E-state index is 13.4. The number of hydrogen-bond acceptors (Lipinski definition) is 2. The van der Waals surface area contributed by atoms with Gasteiger partial charge in [-0.25, -0.2) is 4.68 Å². The highest BCUT2D eigenvalue weighted by Gasteiger charge is 2.26. The van der Waals surface area contributed by atoms with Gasteiger partial charge in [0.25, 0.3) is 5.91 Å². The predicted octanol–water partition coefficient (Wildman–Crippen LogP) is 5.03. The second kappa shape index (κ2) is 7.63. The van der Waals surface area contributed by atoms with Crippen molar-refractivity contribution in [1.82, 2.24) is 14.7 Å². The van der Waals surface area contributed by atoms with Crippen molar-refractivity contribution >= 4 is 5.91 Å². The molecule has 0 saturated carbocycles. The number of aromatic nitrogens is 2. The van der Waals surface area contributed by atoms with Crippen molar-refractivity contribution in [3.8, 4) is 16.9 Å². The van der Waals surface area contributed by atoms with Gasteiger partial charge in [-0.15, -0.1) is 0 Å². The molecule has 1 amide bonds. The van der Waals surface area contributed by atoms with Gasteiger partial charge in [-0.05, 0) is 50.3 Å². The van der Waals surface area contributed by atoms with Crippen LogP contribution in [0.3, 0.4) is 0 Å². The summed E-state index contributed by atoms with van der Waals surface area (Å²) in [6.45, 7) is 8.05. The van der Waals surface area contributed by atoms with E-state index < -0.39 is 0 Å². The Kier molecular flexibility index (Phi) is 5.03. The lowest BCUT2D eigenvalue weighted by Crippen LogP contribution is -2.38. The van der Waals surface area contributed by atoms with Crippen LogP contribution in [-0.2, 0) is 0 Å². The van der Waals surface area contributed by atoms with E-state index in [9.17, 15) is 4.79 Å². The van der Waals surface area contributed by atoms with Gasteiger partial charge in [0.15, 0.2) is 0 Å². The predicted molar refractivity (Wildman–Crippen MR) is 113 cm³/mol. The van der Waals surface area contributed by atoms with Gasteiger partial charge in [-0.1, -0.05) is 55.0 Å². The highest BCUT2D eigenvalue weighted by atomic mass is 16.2. The molecule has 4 nitrogen and oxygen atoms in total. The van der Waals surface area contributed by atoms with Crippen molar-refractivity contribution in [2.75, 3.05) is 13.1 Å². The van der Waals surface area contributed by atoms with E-state index in [0.29, 0.717) is 11.6 Å². The SMILES string of the molecule is Cc1ccc(-n2nc(-c3ccccc3)cc2C(=O)N2CCC(C)CC2)c(C)c1. The second-order valence-electron chi connectivity index (χ2n) is 7.96. The number of aryl methyl sites for hydroxylation is 2. The molecule has 4 heteroatoms. The smallest absolute Gasteiger partial charge is 0.272 e. The Labute approximate surface area is 166 Å². The van der Waals surface area contributed by atoms with Crippen LogP contribution in [-0.4, -0.2) is 33.7 Å². The van der Waals surface area contributed by atoms with E-state index >= 15 is 0 Å². The number of carbonyl (C=O) groups is 1. The van der Waals surface area contributed by atoms with Crippen LogP contribution in [0.15, 0.2) is 54.6 Å². The number of amides is 1. The van der Waals surface area contributed by atoms with Gasteiger partial charge in [0.05, 0.1) is 11.4 Å². The maximum atomic E-state index is 13.4. The Hall–Kier alpha value is -2.88. The van der Waals surface area contributed by atoms with Crippen LogP contribution < -0.4 is 0 Å². The molecule has 2 aromatic carbocycles. The molecule has 0 unspecified atom stereocenters. The van der Waals surface area contributed by atoms with Crippen molar-refractivity contribution in [3.63, 3.8) is 0 Å². The molecule has 28 heavy (non-hydrogen) atoms. The van der Waals surface area contributed by atoms with Crippen LogP contribution in [0.2, 0.25) is 0 Å². The quantitative estimate of drug-likeness (QED) is 0.646. The molecule has 0 radical (unpaired) electrons. The Balaban J connectivity index is 1.79. The minimum Gasteiger partial charge on any atom is -0.337 e. The number of nitrogens with zero attached hydrogens (tertiary/aromatic N) is 3. The van der Waals surface area contributed by atoms with E-state index in [0.717, 1.165) is 48.4 Å². The summed E-state index contributed by atoms with van der Waals surface area (Å²) >= 11 is 0. The van der Waals surface area contributed by atoms with Gasteiger partial charge in [0.2, 0.25) is 0 Å². The fourth-order valence-corrected chi connectivity index (χ4v) is 3.88. The lowest BCUT2D eigenvalue weighted by molar-refractivity contribution is 0.0688. The molecule has 0 N–H and O–H groups in total.